The number of halogens is 3. The summed E-state index contributed by atoms with van der Waals surface area (Å²) in [5, 5.41) is 1.08. The molecule has 0 saturated heterocycles. The van der Waals surface area contributed by atoms with Gasteiger partial charge in [-0.25, -0.2) is 9.79 Å². The van der Waals surface area contributed by atoms with Crippen LogP contribution in [0.5, 0.6) is 11.5 Å². The molecule has 44 heavy (non-hydrogen) atoms. The van der Waals surface area contributed by atoms with E-state index in [-0.39, 0.29) is 12.2 Å². The van der Waals surface area contributed by atoms with Crippen molar-refractivity contribution in [1.82, 2.24) is 4.57 Å². The molecule has 1 atom stereocenters. The maximum atomic E-state index is 14.1. The number of fused-ring (bicyclic) bond motifs is 1. The molecule has 1 aliphatic rings. The number of rotatable bonds is 10. The number of hydrogen-bond donors (Lipinski definition) is 0. The summed E-state index contributed by atoms with van der Waals surface area (Å²) in [5.74, 6) is 0.599. The van der Waals surface area contributed by atoms with Crippen LogP contribution in [0, 0.1) is 0 Å². The molecule has 0 bridgehead atoms. The minimum absolute atomic E-state index is 0.179. The van der Waals surface area contributed by atoms with Gasteiger partial charge in [-0.05, 0) is 77.3 Å². The highest BCUT2D eigenvalue weighted by Gasteiger charge is 2.36. The maximum absolute atomic E-state index is 14.1. The van der Waals surface area contributed by atoms with Crippen LogP contribution in [0.3, 0.4) is 0 Å². The van der Waals surface area contributed by atoms with Crippen molar-refractivity contribution >= 4 is 62.5 Å². The molecular formula is C33H29BrCl2N2O5S. The van der Waals surface area contributed by atoms with Gasteiger partial charge in [0.15, 0.2) is 4.80 Å². The molecule has 7 nitrogen and oxygen atoms in total. The fourth-order valence-corrected chi connectivity index (χ4v) is 6.88. The third kappa shape index (κ3) is 6.66. The highest BCUT2D eigenvalue weighted by atomic mass is 79.9. The normalized spacial score (nSPS) is 14.7. The van der Waals surface area contributed by atoms with Crippen molar-refractivity contribution in [2.24, 2.45) is 4.99 Å². The van der Waals surface area contributed by atoms with Crippen LogP contribution in [0.1, 0.15) is 49.4 Å². The molecule has 0 amide bonds. The predicted octanol–water partition coefficient (Wildman–Crippen LogP) is 7.24. The zero-order valence-corrected chi connectivity index (χ0v) is 28.1. The first-order valence-corrected chi connectivity index (χ1v) is 16.3. The van der Waals surface area contributed by atoms with E-state index in [1.807, 2.05) is 49.4 Å². The van der Waals surface area contributed by atoms with Crippen LogP contribution in [-0.2, 0) is 16.1 Å². The molecule has 0 unspecified atom stereocenters. The number of benzene rings is 3. The molecule has 5 rings (SSSR count). The van der Waals surface area contributed by atoms with E-state index in [2.05, 4.69) is 15.9 Å². The topological polar surface area (TPSA) is 79.1 Å². The molecule has 228 valence electrons. The van der Waals surface area contributed by atoms with Crippen LogP contribution >= 0.6 is 50.5 Å². The first-order chi connectivity index (χ1) is 21.2. The molecule has 11 heteroatoms. The number of allylic oxidation sites excluding steroid dienone is 1. The van der Waals surface area contributed by atoms with E-state index in [0.29, 0.717) is 60.7 Å². The Bertz CT molecular complexity index is 1930. The third-order valence-corrected chi connectivity index (χ3v) is 9.18. The van der Waals surface area contributed by atoms with E-state index in [1.54, 1.807) is 31.2 Å². The molecule has 0 N–H and O–H groups in total. The van der Waals surface area contributed by atoms with Crippen LogP contribution in [0.25, 0.3) is 6.08 Å². The Labute approximate surface area is 277 Å². The van der Waals surface area contributed by atoms with Crippen LogP contribution in [0.4, 0.5) is 0 Å². The summed E-state index contributed by atoms with van der Waals surface area (Å²) in [4.78, 5) is 32.8. The minimum atomic E-state index is -0.838. The smallest absolute Gasteiger partial charge is 0.338 e. The van der Waals surface area contributed by atoms with Gasteiger partial charge in [-0.3, -0.25) is 9.36 Å². The summed E-state index contributed by atoms with van der Waals surface area (Å²) in [6, 6.07) is 17.4. The summed E-state index contributed by atoms with van der Waals surface area (Å²) in [5.41, 5.74) is 2.81. The van der Waals surface area contributed by atoms with Crippen molar-refractivity contribution in [2.45, 2.75) is 39.3 Å². The quantitative estimate of drug-likeness (QED) is 0.162. The summed E-state index contributed by atoms with van der Waals surface area (Å²) in [6.07, 6.45) is 3.07. The van der Waals surface area contributed by atoms with Gasteiger partial charge in [0.25, 0.3) is 5.56 Å². The van der Waals surface area contributed by atoms with Gasteiger partial charge >= 0.3 is 5.97 Å². The standard InChI is InChI=1S/C33H29BrCl2N2O5S/c1-4-8-25-29(32(40)42-5-2)30(22-17-21(35)12-14-26(22)41-3)38-31(39)28(44-33(38)37-25)16-19-11-13-27(23(34)15-19)43-18-20-9-6-7-10-24(20)36/h6-7,9-17,30H,4-5,8,18H2,1-3H3/b28-16+/t30-/m0/s1. The highest BCUT2D eigenvalue weighted by Crippen LogP contribution is 2.38. The highest BCUT2D eigenvalue weighted by molar-refractivity contribution is 9.10. The molecule has 4 aromatic rings. The summed E-state index contributed by atoms with van der Waals surface area (Å²) in [7, 11) is 1.54. The predicted molar refractivity (Wildman–Crippen MR) is 178 cm³/mol. The van der Waals surface area contributed by atoms with Gasteiger partial charge in [0, 0.05) is 21.2 Å². The van der Waals surface area contributed by atoms with Gasteiger partial charge < -0.3 is 14.2 Å². The lowest BCUT2D eigenvalue weighted by Gasteiger charge is -2.27. The van der Waals surface area contributed by atoms with Crippen molar-refractivity contribution in [3.63, 3.8) is 0 Å². The van der Waals surface area contributed by atoms with Crippen molar-refractivity contribution in [3.05, 3.63) is 123 Å². The fraction of sp³-hybridized carbons (Fsp3) is 0.242. The van der Waals surface area contributed by atoms with Crippen molar-refractivity contribution in [1.29, 1.82) is 0 Å². The van der Waals surface area contributed by atoms with E-state index < -0.39 is 12.0 Å². The van der Waals surface area contributed by atoms with E-state index in [4.69, 9.17) is 42.4 Å². The van der Waals surface area contributed by atoms with Gasteiger partial charge in [-0.1, -0.05) is 72.1 Å². The van der Waals surface area contributed by atoms with Gasteiger partial charge in [0.05, 0.1) is 34.0 Å². The largest absolute Gasteiger partial charge is 0.496 e. The molecule has 1 aromatic heterocycles. The lowest BCUT2D eigenvalue weighted by atomic mass is 9.93. The number of hydrogen-bond acceptors (Lipinski definition) is 7. The molecule has 0 spiro atoms. The maximum Gasteiger partial charge on any atom is 0.338 e. The molecule has 2 heterocycles. The molecule has 3 aromatic carbocycles. The Kier molecular flexibility index (Phi) is 10.3. The average Bonchev–Trinajstić information content (AvgIpc) is 3.31. The number of carbonyl (C=O) groups excluding carboxylic acids is 1. The zero-order valence-electron chi connectivity index (χ0n) is 24.2. The van der Waals surface area contributed by atoms with Crippen molar-refractivity contribution < 1.29 is 19.0 Å². The van der Waals surface area contributed by atoms with Crippen LogP contribution in [0.15, 0.2) is 86.2 Å². The Morgan fingerprint density at radius 1 is 1.09 bits per heavy atom. The van der Waals surface area contributed by atoms with E-state index >= 15 is 0 Å². The summed E-state index contributed by atoms with van der Waals surface area (Å²) < 4.78 is 19.8. The van der Waals surface area contributed by atoms with Crippen LogP contribution in [0.2, 0.25) is 10.0 Å². The summed E-state index contributed by atoms with van der Waals surface area (Å²) >= 11 is 17.5. The lowest BCUT2D eigenvalue weighted by molar-refractivity contribution is -0.139. The zero-order chi connectivity index (χ0) is 31.4. The van der Waals surface area contributed by atoms with E-state index in [9.17, 15) is 9.59 Å². The lowest BCUT2D eigenvalue weighted by Crippen LogP contribution is -2.40. The number of methoxy groups -OCH3 is 1. The Morgan fingerprint density at radius 3 is 2.57 bits per heavy atom. The molecule has 0 radical (unpaired) electrons. The van der Waals surface area contributed by atoms with E-state index in [1.165, 1.54) is 23.0 Å². The van der Waals surface area contributed by atoms with Gasteiger partial charge in [0.2, 0.25) is 0 Å². The number of ether oxygens (including phenoxy) is 3. The second-order valence-corrected chi connectivity index (χ2v) is 12.6. The minimum Gasteiger partial charge on any atom is -0.496 e. The summed E-state index contributed by atoms with van der Waals surface area (Å²) in [6.45, 7) is 4.24. The van der Waals surface area contributed by atoms with Gasteiger partial charge in [0.1, 0.15) is 24.1 Å². The molecule has 0 aliphatic carbocycles. The number of carbonyl (C=O) groups is 1. The Balaban J connectivity index is 1.61. The van der Waals surface area contributed by atoms with Crippen LogP contribution < -0.4 is 24.4 Å². The average molecular weight is 716 g/mol. The molecule has 0 fully saturated rings. The monoisotopic (exact) mass is 714 g/mol. The second-order valence-electron chi connectivity index (χ2n) is 9.87. The molecular weight excluding hydrogens is 687 g/mol. The van der Waals surface area contributed by atoms with Gasteiger partial charge in [-0.2, -0.15) is 0 Å². The van der Waals surface area contributed by atoms with Crippen molar-refractivity contribution in [3.8, 4) is 11.5 Å². The van der Waals surface area contributed by atoms with Crippen LogP contribution in [-0.4, -0.2) is 24.3 Å². The number of nitrogens with zero attached hydrogens (tertiary/aromatic N) is 2. The molecule has 0 saturated carbocycles. The number of thiazole rings is 1. The Hall–Kier alpha value is -3.37. The number of aromatic nitrogens is 1. The number of esters is 1. The van der Waals surface area contributed by atoms with E-state index in [0.717, 1.165) is 22.0 Å². The molecule has 1 aliphatic heterocycles. The SMILES string of the molecule is CCCC1=C(C(=O)OCC)[C@H](c2cc(Cl)ccc2OC)n2c(s/c(=C/c3ccc(OCc4ccccc4Cl)c(Br)c3)c2=O)=N1. The fourth-order valence-electron chi connectivity index (χ4n) is 4.98. The Morgan fingerprint density at radius 2 is 1.86 bits per heavy atom. The first kappa shape index (κ1) is 32.0. The first-order valence-electron chi connectivity index (χ1n) is 14.0. The van der Waals surface area contributed by atoms with Gasteiger partial charge in [-0.15, -0.1) is 0 Å². The second kappa shape index (κ2) is 14.2. The van der Waals surface area contributed by atoms with Crippen molar-refractivity contribution in [2.75, 3.05) is 13.7 Å². The third-order valence-electron chi connectivity index (χ3n) is 6.97.